The van der Waals surface area contributed by atoms with Crippen LogP contribution in [0.2, 0.25) is 5.02 Å². The van der Waals surface area contributed by atoms with E-state index in [1.165, 1.54) is 11.8 Å². The van der Waals surface area contributed by atoms with E-state index in [1.54, 1.807) is 25.1 Å². The lowest BCUT2D eigenvalue weighted by Crippen LogP contribution is -2.64. The van der Waals surface area contributed by atoms with Gasteiger partial charge >= 0.3 is 6.18 Å². The number of ketones is 1. The fourth-order valence-corrected chi connectivity index (χ4v) is 6.25. The van der Waals surface area contributed by atoms with Crippen molar-refractivity contribution in [3.05, 3.63) is 40.2 Å². The smallest absolute Gasteiger partial charge is 0.401 e. The Morgan fingerprint density at radius 2 is 1.95 bits per heavy atom. The first-order valence-electron chi connectivity index (χ1n) is 14.2. The molecule has 0 unspecified atom stereocenters. The van der Waals surface area contributed by atoms with Gasteiger partial charge in [0.25, 0.3) is 0 Å². The molecule has 12 heteroatoms. The molecule has 4 rings (SSSR count). The van der Waals surface area contributed by atoms with Crippen LogP contribution >= 0.6 is 11.6 Å². The second-order valence-electron chi connectivity index (χ2n) is 11.6. The molecule has 0 aliphatic carbocycles. The molecular weight excluding hydrogens is 571 g/mol. The lowest BCUT2D eigenvalue weighted by molar-refractivity contribution is -0.153. The van der Waals surface area contributed by atoms with Gasteiger partial charge in [0.2, 0.25) is 0 Å². The molecule has 3 heterocycles. The number of benzene rings is 1. The van der Waals surface area contributed by atoms with Crippen LogP contribution in [0.4, 0.5) is 19.0 Å². The van der Waals surface area contributed by atoms with E-state index in [0.717, 1.165) is 12.8 Å². The van der Waals surface area contributed by atoms with Crippen molar-refractivity contribution < 1.29 is 27.8 Å². The van der Waals surface area contributed by atoms with Crippen LogP contribution in [-0.2, 0) is 4.79 Å². The van der Waals surface area contributed by atoms with Crippen molar-refractivity contribution in [1.82, 2.24) is 14.9 Å². The van der Waals surface area contributed by atoms with E-state index in [9.17, 15) is 23.1 Å². The Morgan fingerprint density at radius 1 is 1.24 bits per heavy atom. The first kappa shape index (κ1) is 32.0. The number of aliphatic hydroxyl groups excluding tert-OH is 1. The van der Waals surface area contributed by atoms with Crippen LogP contribution in [0.5, 0.6) is 5.75 Å². The summed E-state index contributed by atoms with van der Waals surface area (Å²) in [6.07, 6.45) is -1.89. The van der Waals surface area contributed by atoms with E-state index in [4.69, 9.17) is 32.0 Å². The zero-order chi connectivity index (χ0) is 30.8. The molecule has 3 N–H and O–H groups in total. The lowest BCUT2D eigenvalue weighted by Gasteiger charge is -2.55. The zero-order valence-electron chi connectivity index (χ0n) is 24.5. The van der Waals surface area contributed by atoms with Crippen molar-refractivity contribution in [3.8, 4) is 17.1 Å². The molecule has 0 bridgehead atoms. The van der Waals surface area contributed by atoms with E-state index in [2.05, 4.69) is 0 Å². The van der Waals surface area contributed by atoms with Gasteiger partial charge in [-0.25, -0.2) is 9.97 Å². The maximum Gasteiger partial charge on any atom is 0.401 e. The Morgan fingerprint density at radius 3 is 2.57 bits per heavy atom. The number of likely N-dealkylation sites (tertiary alicyclic amines) is 1. The summed E-state index contributed by atoms with van der Waals surface area (Å²) in [5.41, 5.74) is 7.96. The number of allylic oxidation sites excluding steroid dienone is 2. The maximum absolute atomic E-state index is 13.1. The SMILES string of the molecule is CCC[C@@H](O)COc1ccc(Cl)c(-c2nc(C(C(C)=O)=C(C)N)c(C)c(N3CC4(CCCN(CC(F)(F)F)C4)C3)n2)c1. The van der Waals surface area contributed by atoms with Crippen LogP contribution in [0, 0.1) is 12.3 Å². The average Bonchev–Trinajstić information content (AvgIpc) is 2.87. The van der Waals surface area contributed by atoms with Crippen molar-refractivity contribution in [3.63, 3.8) is 0 Å². The minimum absolute atomic E-state index is 0.116. The number of aromatic nitrogens is 2. The minimum Gasteiger partial charge on any atom is -0.491 e. The van der Waals surface area contributed by atoms with Crippen molar-refractivity contribution in [2.24, 2.45) is 11.1 Å². The highest BCUT2D eigenvalue weighted by Crippen LogP contribution is 2.44. The Balaban J connectivity index is 1.70. The number of hydrogen-bond acceptors (Lipinski definition) is 8. The van der Waals surface area contributed by atoms with Gasteiger partial charge in [0.1, 0.15) is 18.2 Å². The average molecular weight is 610 g/mol. The molecule has 0 amide bonds. The normalized spacial score (nSPS) is 18.5. The first-order chi connectivity index (χ1) is 19.7. The number of nitrogens with two attached hydrogens (primary N) is 1. The number of nitrogens with zero attached hydrogens (tertiary/aromatic N) is 4. The number of ether oxygens (including phenoxy) is 1. The van der Waals surface area contributed by atoms with Crippen molar-refractivity contribution >= 4 is 28.8 Å². The third-order valence-electron chi connectivity index (χ3n) is 7.84. The number of rotatable bonds is 10. The van der Waals surface area contributed by atoms with Crippen molar-refractivity contribution in [2.45, 2.75) is 65.7 Å². The predicted molar refractivity (Wildman–Crippen MR) is 157 cm³/mol. The molecule has 0 radical (unpaired) electrons. The van der Waals surface area contributed by atoms with Gasteiger partial charge in [-0.3, -0.25) is 9.69 Å². The van der Waals surface area contributed by atoms with Gasteiger partial charge in [-0.15, -0.1) is 0 Å². The molecule has 1 aromatic carbocycles. The molecule has 0 saturated carbocycles. The number of hydrogen-bond donors (Lipinski definition) is 2. The number of Topliss-reactive ketones (excluding diaryl/α,β-unsaturated/α-hetero) is 1. The fourth-order valence-electron chi connectivity index (χ4n) is 6.05. The number of carbonyl (C=O) groups is 1. The topological polar surface area (TPSA) is 105 Å². The molecule has 2 aliphatic rings. The summed E-state index contributed by atoms with van der Waals surface area (Å²) >= 11 is 6.61. The van der Waals surface area contributed by atoms with E-state index < -0.39 is 18.8 Å². The molecule has 1 atom stereocenters. The number of alkyl halides is 3. The van der Waals surface area contributed by atoms with Gasteiger partial charge in [0, 0.05) is 41.9 Å². The Kier molecular flexibility index (Phi) is 9.74. The van der Waals surface area contributed by atoms with Crippen LogP contribution in [-0.4, -0.2) is 77.4 Å². The molecule has 2 fully saturated rings. The summed E-state index contributed by atoms with van der Waals surface area (Å²) in [7, 11) is 0. The standard InChI is InChI=1S/C30H39ClF3N5O3/c1-5-7-21(41)13-42-22-8-9-24(31)23(12-22)27-36-26(25(19(3)35)20(4)40)18(2)28(37-27)39-15-29(16-39)10-6-11-38(14-29)17-30(32,33)34/h8-9,12,21,41H,5-7,10-11,13-17,35H2,1-4H3/t21-/m1/s1. The Hall–Kier alpha value is -2.89. The summed E-state index contributed by atoms with van der Waals surface area (Å²) in [5.74, 6) is 1.06. The number of carbonyl (C=O) groups excluding carboxylic acids is 1. The van der Waals surface area contributed by atoms with E-state index in [1.807, 2.05) is 18.7 Å². The fraction of sp³-hybridized carbons (Fsp3) is 0.567. The molecule has 1 spiro atoms. The molecule has 1 aromatic heterocycles. The Labute approximate surface area is 249 Å². The molecule has 42 heavy (non-hydrogen) atoms. The molecule has 230 valence electrons. The van der Waals surface area contributed by atoms with Crippen molar-refractivity contribution in [1.29, 1.82) is 0 Å². The second kappa shape index (κ2) is 12.8. The van der Waals surface area contributed by atoms with Gasteiger partial charge in [0.15, 0.2) is 11.6 Å². The summed E-state index contributed by atoms with van der Waals surface area (Å²) < 4.78 is 45.1. The molecule has 2 aromatic rings. The third-order valence-corrected chi connectivity index (χ3v) is 8.17. The quantitative estimate of drug-likeness (QED) is 0.346. The highest BCUT2D eigenvalue weighted by atomic mass is 35.5. The number of aliphatic hydroxyl groups is 1. The first-order valence-corrected chi connectivity index (χ1v) is 14.6. The van der Waals surface area contributed by atoms with E-state index in [0.29, 0.717) is 78.1 Å². The maximum atomic E-state index is 13.1. The largest absolute Gasteiger partial charge is 0.491 e. The van der Waals surface area contributed by atoms with Crippen molar-refractivity contribution in [2.75, 3.05) is 44.2 Å². The summed E-state index contributed by atoms with van der Waals surface area (Å²) in [6, 6.07) is 5.05. The number of halogens is 4. The molecular formula is C30H39ClF3N5O3. The predicted octanol–water partition coefficient (Wildman–Crippen LogP) is 5.39. The Bertz CT molecular complexity index is 1340. The monoisotopic (exact) mass is 609 g/mol. The second-order valence-corrected chi connectivity index (χ2v) is 12.0. The lowest BCUT2D eigenvalue weighted by atomic mass is 9.73. The summed E-state index contributed by atoms with van der Waals surface area (Å²) in [6.45, 7) is 7.92. The van der Waals surface area contributed by atoms with Gasteiger partial charge in [0.05, 0.1) is 28.9 Å². The van der Waals surface area contributed by atoms with Gasteiger partial charge < -0.3 is 20.5 Å². The van der Waals surface area contributed by atoms with Gasteiger partial charge in [-0.1, -0.05) is 24.9 Å². The number of piperidine rings is 1. The van der Waals surface area contributed by atoms with Crippen LogP contribution in [0.15, 0.2) is 23.9 Å². The molecule has 2 aliphatic heterocycles. The highest BCUT2D eigenvalue weighted by Gasteiger charge is 2.48. The third kappa shape index (κ3) is 7.36. The summed E-state index contributed by atoms with van der Waals surface area (Å²) in [4.78, 5) is 25.8. The van der Waals surface area contributed by atoms with Gasteiger partial charge in [-0.2, -0.15) is 13.2 Å². The summed E-state index contributed by atoms with van der Waals surface area (Å²) in [5, 5.41) is 10.5. The van der Waals surface area contributed by atoms with Gasteiger partial charge in [-0.05, 0) is 64.8 Å². The molecule has 8 nitrogen and oxygen atoms in total. The van der Waals surface area contributed by atoms with Crippen LogP contribution < -0.4 is 15.4 Å². The van der Waals surface area contributed by atoms with Crippen LogP contribution in [0.1, 0.15) is 57.7 Å². The van der Waals surface area contributed by atoms with E-state index >= 15 is 0 Å². The van der Waals surface area contributed by atoms with E-state index in [-0.39, 0.29) is 29.2 Å². The minimum atomic E-state index is -4.24. The number of anilines is 1. The zero-order valence-corrected chi connectivity index (χ0v) is 25.3. The highest BCUT2D eigenvalue weighted by molar-refractivity contribution is 6.33. The molecule has 2 saturated heterocycles. The van der Waals surface area contributed by atoms with Crippen LogP contribution in [0.3, 0.4) is 0 Å². The van der Waals surface area contributed by atoms with Crippen LogP contribution in [0.25, 0.3) is 17.0 Å².